The normalized spacial score (nSPS) is 20.6. The van der Waals surface area contributed by atoms with Gasteiger partial charge in [0.2, 0.25) is 0 Å². The van der Waals surface area contributed by atoms with Gasteiger partial charge in [-0.1, -0.05) is 32.0 Å². The number of hydrogen-bond acceptors (Lipinski definition) is 4. The van der Waals surface area contributed by atoms with Gasteiger partial charge in [0.1, 0.15) is 6.17 Å². The molecule has 1 N–H and O–H groups in total. The van der Waals surface area contributed by atoms with Crippen LogP contribution in [0.25, 0.3) is 10.8 Å². The third-order valence-corrected chi connectivity index (χ3v) is 4.44. The van der Waals surface area contributed by atoms with Gasteiger partial charge in [0, 0.05) is 18.4 Å². The van der Waals surface area contributed by atoms with Crippen molar-refractivity contribution >= 4 is 16.7 Å². The fourth-order valence-corrected chi connectivity index (χ4v) is 3.28. The van der Waals surface area contributed by atoms with Crippen molar-refractivity contribution in [2.45, 2.75) is 39.0 Å². The Labute approximate surface area is 144 Å². The van der Waals surface area contributed by atoms with Crippen LogP contribution in [-0.4, -0.2) is 51.1 Å². The molecule has 2 heterocycles. The minimum absolute atomic E-state index is 0.0661. The molecular weight excluding hydrogens is 325 g/mol. The first-order chi connectivity index (χ1) is 11.9. The van der Waals surface area contributed by atoms with E-state index >= 15 is 0 Å². The lowest BCUT2D eigenvalue weighted by atomic mass is 10.1. The van der Waals surface area contributed by atoms with E-state index in [0.29, 0.717) is 17.3 Å². The molecule has 1 amide bonds. The van der Waals surface area contributed by atoms with Crippen molar-refractivity contribution in [1.82, 2.24) is 14.7 Å². The van der Waals surface area contributed by atoms with Crippen LogP contribution in [0.4, 0.5) is 4.39 Å². The molecule has 0 bridgehead atoms. The number of likely N-dealkylation sites (tertiary alicyclic amines) is 1. The van der Waals surface area contributed by atoms with Gasteiger partial charge in [-0.2, -0.15) is 5.10 Å². The van der Waals surface area contributed by atoms with Crippen molar-refractivity contribution in [3.63, 3.8) is 0 Å². The van der Waals surface area contributed by atoms with E-state index in [2.05, 4.69) is 5.10 Å². The summed E-state index contributed by atoms with van der Waals surface area (Å²) in [5.74, 6) is -0.269. The van der Waals surface area contributed by atoms with Crippen LogP contribution < -0.4 is 5.56 Å². The molecular formula is C18H22FN3O3. The van der Waals surface area contributed by atoms with Gasteiger partial charge >= 0.3 is 0 Å². The van der Waals surface area contributed by atoms with E-state index in [1.54, 1.807) is 24.3 Å². The van der Waals surface area contributed by atoms with E-state index in [1.807, 2.05) is 13.8 Å². The summed E-state index contributed by atoms with van der Waals surface area (Å²) < 4.78 is 15.0. The SMILES string of the molecule is CC(C)Cn1nc(C(=O)N2C[C@@H](F)C[C@H]2CO)c2ccccc2c1=O. The van der Waals surface area contributed by atoms with Crippen molar-refractivity contribution in [2.75, 3.05) is 13.2 Å². The second kappa shape index (κ2) is 6.92. The Morgan fingerprint density at radius 1 is 1.36 bits per heavy atom. The third kappa shape index (κ3) is 3.28. The summed E-state index contributed by atoms with van der Waals surface area (Å²) in [6.45, 7) is 3.94. The number of amides is 1. The summed E-state index contributed by atoms with van der Waals surface area (Å²) in [5.41, 5.74) is -0.118. The number of alkyl halides is 1. The highest BCUT2D eigenvalue weighted by molar-refractivity contribution is 6.05. The van der Waals surface area contributed by atoms with E-state index in [9.17, 15) is 19.1 Å². The summed E-state index contributed by atoms with van der Waals surface area (Å²) in [5, 5.41) is 14.6. The smallest absolute Gasteiger partial charge is 0.275 e. The van der Waals surface area contributed by atoms with Crippen LogP contribution in [-0.2, 0) is 6.54 Å². The maximum Gasteiger partial charge on any atom is 0.275 e. The lowest BCUT2D eigenvalue weighted by Gasteiger charge is -2.23. The number of fused-ring (bicyclic) bond motifs is 1. The maximum atomic E-state index is 13.7. The lowest BCUT2D eigenvalue weighted by molar-refractivity contribution is 0.0666. The van der Waals surface area contributed by atoms with Crippen LogP contribution in [0.1, 0.15) is 30.8 Å². The van der Waals surface area contributed by atoms with Crippen LogP contribution in [0.2, 0.25) is 0 Å². The maximum absolute atomic E-state index is 13.7. The Hall–Kier alpha value is -2.28. The van der Waals surface area contributed by atoms with Gasteiger partial charge in [0.05, 0.1) is 24.6 Å². The number of aliphatic hydroxyl groups is 1. The van der Waals surface area contributed by atoms with Crippen LogP contribution in [0.15, 0.2) is 29.1 Å². The Balaban J connectivity index is 2.13. The zero-order valence-electron chi connectivity index (χ0n) is 14.4. The highest BCUT2D eigenvalue weighted by atomic mass is 19.1. The minimum atomic E-state index is -1.16. The van der Waals surface area contributed by atoms with Crippen LogP contribution in [0.5, 0.6) is 0 Å². The average molecular weight is 347 g/mol. The zero-order valence-corrected chi connectivity index (χ0v) is 14.4. The summed E-state index contributed by atoms with van der Waals surface area (Å²) in [6.07, 6.45) is -1.04. The first kappa shape index (κ1) is 17.5. The second-order valence-corrected chi connectivity index (χ2v) is 6.90. The molecule has 2 atom stereocenters. The predicted octanol–water partition coefficient (Wildman–Crippen LogP) is 1.60. The van der Waals surface area contributed by atoms with Gasteiger partial charge in [-0.3, -0.25) is 9.59 Å². The molecule has 2 aromatic rings. The largest absolute Gasteiger partial charge is 0.394 e. The van der Waals surface area contributed by atoms with Gasteiger partial charge in [0.25, 0.3) is 11.5 Å². The Kier molecular flexibility index (Phi) is 4.85. The second-order valence-electron chi connectivity index (χ2n) is 6.90. The molecule has 25 heavy (non-hydrogen) atoms. The van der Waals surface area contributed by atoms with Crippen molar-refractivity contribution in [2.24, 2.45) is 5.92 Å². The van der Waals surface area contributed by atoms with E-state index in [1.165, 1.54) is 9.58 Å². The molecule has 1 fully saturated rings. The minimum Gasteiger partial charge on any atom is -0.394 e. The highest BCUT2D eigenvalue weighted by Crippen LogP contribution is 2.24. The van der Waals surface area contributed by atoms with E-state index in [4.69, 9.17) is 0 Å². The Bertz CT molecular complexity index is 849. The molecule has 1 aromatic heterocycles. The number of benzene rings is 1. The van der Waals surface area contributed by atoms with E-state index in [-0.39, 0.29) is 36.7 Å². The van der Waals surface area contributed by atoms with Crippen molar-refractivity contribution in [3.05, 3.63) is 40.3 Å². The van der Waals surface area contributed by atoms with Crippen LogP contribution in [0.3, 0.4) is 0 Å². The molecule has 0 saturated carbocycles. The standard InChI is InChI=1S/C18H22FN3O3/c1-11(2)8-22-17(24)15-6-4-3-5-14(15)16(20-22)18(25)21-9-12(19)7-13(21)10-23/h3-6,11-13,23H,7-10H2,1-2H3/t12-,13-/m0/s1. The summed E-state index contributed by atoms with van der Waals surface area (Å²) >= 11 is 0. The van der Waals surface area contributed by atoms with E-state index < -0.39 is 18.1 Å². The first-order valence-corrected chi connectivity index (χ1v) is 8.48. The van der Waals surface area contributed by atoms with Gasteiger partial charge in [-0.15, -0.1) is 0 Å². The number of nitrogens with zero attached hydrogens (tertiary/aromatic N) is 3. The molecule has 0 aliphatic carbocycles. The van der Waals surface area contributed by atoms with Gasteiger partial charge in [0.15, 0.2) is 5.69 Å². The Morgan fingerprint density at radius 2 is 2.04 bits per heavy atom. The molecule has 1 saturated heterocycles. The summed E-state index contributed by atoms with van der Waals surface area (Å²) in [6, 6.07) is 6.25. The molecule has 0 radical (unpaired) electrons. The van der Waals surface area contributed by atoms with Gasteiger partial charge < -0.3 is 10.0 Å². The van der Waals surface area contributed by atoms with Crippen molar-refractivity contribution in [3.8, 4) is 0 Å². The molecule has 0 spiro atoms. The monoisotopic (exact) mass is 347 g/mol. The quantitative estimate of drug-likeness (QED) is 0.911. The number of carbonyl (C=O) groups excluding carboxylic acids is 1. The van der Waals surface area contributed by atoms with Crippen molar-refractivity contribution < 1.29 is 14.3 Å². The average Bonchev–Trinajstić information content (AvgIpc) is 2.97. The number of aliphatic hydroxyl groups excluding tert-OH is 1. The fourth-order valence-electron chi connectivity index (χ4n) is 3.28. The van der Waals surface area contributed by atoms with Gasteiger partial charge in [-0.25, -0.2) is 9.07 Å². The molecule has 6 nitrogen and oxygen atoms in total. The topological polar surface area (TPSA) is 75.4 Å². The predicted molar refractivity (Wildman–Crippen MR) is 92.3 cm³/mol. The van der Waals surface area contributed by atoms with Crippen LogP contribution in [0, 0.1) is 5.92 Å². The number of hydrogen-bond donors (Lipinski definition) is 1. The zero-order chi connectivity index (χ0) is 18.1. The highest BCUT2D eigenvalue weighted by Gasteiger charge is 2.36. The molecule has 7 heteroatoms. The Morgan fingerprint density at radius 3 is 2.68 bits per heavy atom. The number of carbonyl (C=O) groups is 1. The van der Waals surface area contributed by atoms with E-state index in [0.717, 1.165) is 0 Å². The summed E-state index contributed by atoms with van der Waals surface area (Å²) in [4.78, 5) is 26.9. The number of aromatic nitrogens is 2. The molecule has 1 aliphatic heterocycles. The fraction of sp³-hybridized carbons (Fsp3) is 0.500. The first-order valence-electron chi connectivity index (χ1n) is 8.48. The molecule has 1 aliphatic rings. The lowest BCUT2D eigenvalue weighted by Crippen LogP contribution is -2.39. The van der Waals surface area contributed by atoms with Gasteiger partial charge in [-0.05, 0) is 12.0 Å². The molecule has 1 aromatic carbocycles. The van der Waals surface area contributed by atoms with Crippen molar-refractivity contribution in [1.29, 1.82) is 0 Å². The molecule has 3 rings (SSSR count). The molecule has 134 valence electrons. The van der Waals surface area contributed by atoms with Crippen LogP contribution >= 0.6 is 0 Å². The molecule has 0 unspecified atom stereocenters. The summed E-state index contributed by atoms with van der Waals surface area (Å²) in [7, 11) is 0. The number of rotatable bonds is 4. The third-order valence-electron chi connectivity index (χ3n) is 4.44. The number of halogens is 1.